The van der Waals surface area contributed by atoms with Gasteiger partial charge >= 0.3 is 0 Å². The average molecular weight is 301 g/mol. The lowest BCUT2D eigenvalue weighted by Crippen LogP contribution is -2.15. The van der Waals surface area contributed by atoms with Crippen molar-refractivity contribution >= 4 is 11.8 Å². The Hall–Kier alpha value is -1.40. The summed E-state index contributed by atoms with van der Waals surface area (Å²) in [6, 6.07) is 7.93. The molecule has 0 aliphatic heterocycles. The highest BCUT2D eigenvalue weighted by Crippen LogP contribution is 2.38. The topological polar surface area (TPSA) is 55.6 Å². The number of benzene rings is 1. The zero-order valence-corrected chi connectivity index (χ0v) is 12.9. The molecule has 0 spiro atoms. The van der Waals surface area contributed by atoms with Gasteiger partial charge in [-0.15, -0.1) is 5.10 Å². The predicted octanol–water partition coefficient (Wildman–Crippen LogP) is 2.72. The van der Waals surface area contributed by atoms with E-state index in [4.69, 9.17) is 0 Å². The van der Waals surface area contributed by atoms with Gasteiger partial charge in [0.2, 0.25) is 5.16 Å². The molecule has 0 radical (unpaired) electrons. The average Bonchev–Trinajstić information content (AvgIpc) is 3.40. The molecule has 1 aromatic carbocycles. The maximum atomic E-state index is 4.16. The zero-order chi connectivity index (χ0) is 14.2. The summed E-state index contributed by atoms with van der Waals surface area (Å²) in [5.41, 5.74) is 2.64. The monoisotopic (exact) mass is 301 g/mol. The normalized spacial score (nSPS) is 18.1. The Labute approximate surface area is 128 Å². The molecule has 2 aliphatic rings. The fourth-order valence-electron chi connectivity index (χ4n) is 2.38. The second-order valence-electron chi connectivity index (χ2n) is 5.99. The van der Waals surface area contributed by atoms with Crippen molar-refractivity contribution in [2.24, 2.45) is 0 Å². The molecule has 6 heteroatoms. The lowest BCUT2D eigenvalue weighted by atomic mass is 10.1. The second kappa shape index (κ2) is 5.42. The van der Waals surface area contributed by atoms with Crippen LogP contribution in [0, 0.1) is 6.92 Å². The van der Waals surface area contributed by atoms with Crippen molar-refractivity contribution in [3.05, 3.63) is 29.3 Å². The number of aryl methyl sites for hydroxylation is 1. The van der Waals surface area contributed by atoms with Crippen LogP contribution < -0.4 is 5.32 Å². The quantitative estimate of drug-likeness (QED) is 0.889. The van der Waals surface area contributed by atoms with E-state index in [2.05, 4.69) is 46.0 Å². The summed E-state index contributed by atoms with van der Waals surface area (Å²) >= 11 is 1.67. The molecular weight excluding hydrogens is 282 g/mol. The minimum absolute atomic E-state index is 0.518. The van der Waals surface area contributed by atoms with Gasteiger partial charge in [0.1, 0.15) is 0 Å². The molecule has 1 N–H and O–H groups in total. The number of tetrazole rings is 1. The highest BCUT2D eigenvalue weighted by Gasteiger charge is 2.28. The summed E-state index contributed by atoms with van der Waals surface area (Å²) in [6.07, 6.45) is 5.06. The number of nitrogens with zero attached hydrogens (tertiary/aromatic N) is 4. The molecule has 1 aromatic heterocycles. The van der Waals surface area contributed by atoms with Crippen LogP contribution in [0.4, 0.5) is 0 Å². The minimum Gasteiger partial charge on any atom is -0.310 e. The van der Waals surface area contributed by atoms with Crippen LogP contribution in [0.15, 0.2) is 28.3 Å². The minimum atomic E-state index is 0.518. The molecular formula is C15H19N5S. The molecule has 2 aromatic rings. The SMILES string of the molecule is Cc1cc(CNC2CC2)ccc1Sc1nnnn1C1CC1. The smallest absolute Gasteiger partial charge is 0.214 e. The first-order chi connectivity index (χ1) is 10.3. The summed E-state index contributed by atoms with van der Waals surface area (Å²) in [5.74, 6) is 0. The Morgan fingerprint density at radius 1 is 1.29 bits per heavy atom. The highest BCUT2D eigenvalue weighted by molar-refractivity contribution is 7.99. The largest absolute Gasteiger partial charge is 0.310 e. The number of aromatic nitrogens is 4. The molecule has 4 rings (SSSR count). The van der Waals surface area contributed by atoms with E-state index in [1.807, 2.05) is 4.68 Å². The molecule has 0 unspecified atom stereocenters. The first-order valence-corrected chi connectivity index (χ1v) is 8.40. The molecule has 110 valence electrons. The summed E-state index contributed by atoms with van der Waals surface area (Å²) in [7, 11) is 0. The van der Waals surface area contributed by atoms with Gasteiger partial charge in [0.15, 0.2) is 0 Å². The van der Waals surface area contributed by atoms with E-state index in [1.54, 1.807) is 11.8 Å². The molecule has 1 heterocycles. The summed E-state index contributed by atoms with van der Waals surface area (Å²) in [6.45, 7) is 3.13. The van der Waals surface area contributed by atoms with Crippen molar-refractivity contribution in [2.45, 2.75) is 61.3 Å². The van der Waals surface area contributed by atoms with Crippen molar-refractivity contribution < 1.29 is 0 Å². The van der Waals surface area contributed by atoms with Crippen LogP contribution in [-0.2, 0) is 6.54 Å². The van der Waals surface area contributed by atoms with Crippen LogP contribution in [-0.4, -0.2) is 26.2 Å². The van der Waals surface area contributed by atoms with E-state index >= 15 is 0 Å². The van der Waals surface area contributed by atoms with Gasteiger partial charge in [-0.05, 0) is 72.0 Å². The second-order valence-corrected chi connectivity index (χ2v) is 7.00. The molecule has 0 saturated heterocycles. The highest BCUT2D eigenvalue weighted by atomic mass is 32.2. The summed E-state index contributed by atoms with van der Waals surface area (Å²) in [4.78, 5) is 1.24. The third-order valence-electron chi connectivity index (χ3n) is 3.97. The third kappa shape index (κ3) is 3.11. The van der Waals surface area contributed by atoms with Gasteiger partial charge in [0.25, 0.3) is 0 Å². The van der Waals surface area contributed by atoms with Gasteiger partial charge in [-0.25, -0.2) is 4.68 Å². The van der Waals surface area contributed by atoms with Gasteiger partial charge in [-0.1, -0.05) is 12.1 Å². The molecule has 2 fully saturated rings. The van der Waals surface area contributed by atoms with Crippen molar-refractivity contribution in [2.75, 3.05) is 0 Å². The maximum absolute atomic E-state index is 4.16. The Balaban J connectivity index is 1.47. The van der Waals surface area contributed by atoms with E-state index < -0.39 is 0 Å². The molecule has 0 amide bonds. The van der Waals surface area contributed by atoms with E-state index in [9.17, 15) is 0 Å². The maximum Gasteiger partial charge on any atom is 0.214 e. The molecule has 2 saturated carbocycles. The van der Waals surface area contributed by atoms with Crippen LogP contribution in [0.3, 0.4) is 0 Å². The van der Waals surface area contributed by atoms with Crippen LogP contribution in [0.5, 0.6) is 0 Å². The van der Waals surface area contributed by atoms with Crippen molar-refractivity contribution in [3.63, 3.8) is 0 Å². The van der Waals surface area contributed by atoms with Gasteiger partial charge in [0.05, 0.1) is 6.04 Å². The van der Waals surface area contributed by atoms with E-state index in [1.165, 1.54) is 41.7 Å². The van der Waals surface area contributed by atoms with Crippen molar-refractivity contribution in [3.8, 4) is 0 Å². The van der Waals surface area contributed by atoms with Gasteiger partial charge < -0.3 is 5.32 Å². The van der Waals surface area contributed by atoms with Crippen LogP contribution in [0.2, 0.25) is 0 Å². The third-order valence-corrected chi connectivity index (χ3v) is 5.10. The fraction of sp³-hybridized carbons (Fsp3) is 0.533. The first-order valence-electron chi connectivity index (χ1n) is 7.58. The Kier molecular flexibility index (Phi) is 3.43. The molecule has 0 bridgehead atoms. The molecule has 2 aliphatic carbocycles. The lowest BCUT2D eigenvalue weighted by Gasteiger charge is -2.09. The summed E-state index contributed by atoms with van der Waals surface area (Å²) < 4.78 is 1.96. The number of hydrogen-bond donors (Lipinski definition) is 1. The number of nitrogens with one attached hydrogen (secondary N) is 1. The molecule has 21 heavy (non-hydrogen) atoms. The standard InChI is InChI=1S/C15H19N5S/c1-10-8-11(9-16-12-3-4-12)2-7-14(10)21-15-17-18-19-20(15)13-5-6-13/h2,7-8,12-13,16H,3-6,9H2,1H3. The van der Waals surface area contributed by atoms with Crippen LogP contribution in [0.25, 0.3) is 0 Å². The Bertz CT molecular complexity index is 645. The first kappa shape index (κ1) is 13.3. The predicted molar refractivity (Wildman–Crippen MR) is 81.3 cm³/mol. The fourth-order valence-corrected chi connectivity index (χ4v) is 3.29. The van der Waals surface area contributed by atoms with E-state index in [0.29, 0.717) is 6.04 Å². The zero-order valence-electron chi connectivity index (χ0n) is 12.1. The van der Waals surface area contributed by atoms with Gasteiger partial charge in [0, 0.05) is 17.5 Å². The van der Waals surface area contributed by atoms with Crippen LogP contribution >= 0.6 is 11.8 Å². The lowest BCUT2D eigenvalue weighted by molar-refractivity contribution is 0.565. The van der Waals surface area contributed by atoms with Crippen molar-refractivity contribution in [1.29, 1.82) is 0 Å². The van der Waals surface area contributed by atoms with Crippen molar-refractivity contribution in [1.82, 2.24) is 25.5 Å². The van der Waals surface area contributed by atoms with Gasteiger partial charge in [-0.3, -0.25) is 0 Å². The van der Waals surface area contributed by atoms with Gasteiger partial charge in [-0.2, -0.15) is 0 Å². The molecule has 0 atom stereocenters. The van der Waals surface area contributed by atoms with E-state index in [0.717, 1.165) is 17.7 Å². The summed E-state index contributed by atoms with van der Waals surface area (Å²) in [5, 5.41) is 16.5. The van der Waals surface area contributed by atoms with E-state index in [-0.39, 0.29) is 0 Å². The Morgan fingerprint density at radius 3 is 2.86 bits per heavy atom. The number of hydrogen-bond acceptors (Lipinski definition) is 5. The molecule has 5 nitrogen and oxygen atoms in total. The Morgan fingerprint density at radius 2 is 2.14 bits per heavy atom. The number of rotatable bonds is 6. The van der Waals surface area contributed by atoms with Crippen LogP contribution in [0.1, 0.15) is 42.9 Å².